The molecule has 1 unspecified atom stereocenters. The van der Waals surface area contributed by atoms with Crippen molar-refractivity contribution in [1.29, 1.82) is 0 Å². The van der Waals surface area contributed by atoms with Crippen LogP contribution in [0.2, 0.25) is 0 Å². The number of fused-ring (bicyclic) bond motifs is 1. The Hall–Kier alpha value is -1.62. The number of rotatable bonds is 4. The van der Waals surface area contributed by atoms with E-state index in [0.29, 0.717) is 12.0 Å². The summed E-state index contributed by atoms with van der Waals surface area (Å²) in [6, 6.07) is 2.60. The Bertz CT molecular complexity index is 562. The molecule has 1 atom stereocenters. The summed E-state index contributed by atoms with van der Waals surface area (Å²) in [5.41, 5.74) is 1.10. The normalized spacial score (nSPS) is 19.9. The van der Waals surface area contributed by atoms with Crippen LogP contribution in [0, 0.1) is 5.92 Å². The van der Waals surface area contributed by atoms with Crippen LogP contribution in [-0.2, 0) is 0 Å². The van der Waals surface area contributed by atoms with Crippen LogP contribution in [0.15, 0.2) is 24.7 Å². The van der Waals surface area contributed by atoms with E-state index in [9.17, 15) is 0 Å². The van der Waals surface area contributed by atoms with Gasteiger partial charge in [0.15, 0.2) is 5.82 Å². The van der Waals surface area contributed by atoms with Crippen LogP contribution in [-0.4, -0.2) is 40.3 Å². The van der Waals surface area contributed by atoms with Crippen molar-refractivity contribution in [2.75, 3.05) is 24.5 Å². The number of nitrogens with one attached hydrogen (secondary N) is 1. The van der Waals surface area contributed by atoms with Gasteiger partial charge in [0.1, 0.15) is 5.52 Å². The molecule has 20 heavy (non-hydrogen) atoms. The van der Waals surface area contributed by atoms with Crippen LogP contribution >= 0.6 is 0 Å². The maximum atomic E-state index is 4.58. The number of nitrogens with zero attached hydrogens (tertiary/aromatic N) is 4. The molecule has 0 bridgehead atoms. The lowest BCUT2D eigenvalue weighted by Gasteiger charge is -2.34. The first-order chi connectivity index (χ1) is 9.74. The minimum atomic E-state index is 0.557. The van der Waals surface area contributed by atoms with Gasteiger partial charge in [-0.3, -0.25) is 0 Å². The zero-order valence-electron chi connectivity index (χ0n) is 12.3. The van der Waals surface area contributed by atoms with E-state index >= 15 is 0 Å². The summed E-state index contributed by atoms with van der Waals surface area (Å²) in [5.74, 6) is 1.77. The molecule has 1 N–H and O–H groups in total. The van der Waals surface area contributed by atoms with E-state index < -0.39 is 0 Å². The third-order valence-corrected chi connectivity index (χ3v) is 3.94. The summed E-state index contributed by atoms with van der Waals surface area (Å²) in [6.07, 6.45) is 8.12. The summed E-state index contributed by atoms with van der Waals surface area (Å²) >= 11 is 0. The maximum absolute atomic E-state index is 4.58. The van der Waals surface area contributed by atoms with Crippen LogP contribution in [0.3, 0.4) is 0 Å². The largest absolute Gasteiger partial charge is 0.355 e. The molecule has 1 saturated heterocycles. The van der Waals surface area contributed by atoms with Crippen molar-refractivity contribution >= 4 is 11.3 Å². The fourth-order valence-electron chi connectivity index (χ4n) is 2.91. The minimum Gasteiger partial charge on any atom is -0.355 e. The SMILES string of the molecule is CC(C)NCC1CCCN(c2nccn3nccc23)C1. The van der Waals surface area contributed by atoms with E-state index in [2.05, 4.69) is 34.1 Å². The molecule has 3 heterocycles. The van der Waals surface area contributed by atoms with Crippen molar-refractivity contribution in [3.05, 3.63) is 24.7 Å². The molecule has 0 amide bonds. The maximum Gasteiger partial charge on any atom is 0.154 e. The van der Waals surface area contributed by atoms with E-state index in [0.717, 1.165) is 31.0 Å². The van der Waals surface area contributed by atoms with Crippen molar-refractivity contribution < 1.29 is 0 Å². The Morgan fingerprint density at radius 3 is 3.15 bits per heavy atom. The minimum absolute atomic E-state index is 0.557. The lowest BCUT2D eigenvalue weighted by molar-refractivity contribution is 0.378. The Labute approximate surface area is 120 Å². The highest BCUT2D eigenvalue weighted by atomic mass is 15.3. The van der Waals surface area contributed by atoms with Crippen molar-refractivity contribution in [2.24, 2.45) is 5.92 Å². The van der Waals surface area contributed by atoms with Crippen LogP contribution in [0.5, 0.6) is 0 Å². The zero-order valence-corrected chi connectivity index (χ0v) is 12.3. The van der Waals surface area contributed by atoms with Gasteiger partial charge in [-0.2, -0.15) is 5.10 Å². The van der Waals surface area contributed by atoms with E-state index in [-0.39, 0.29) is 0 Å². The summed E-state index contributed by atoms with van der Waals surface area (Å²) in [6.45, 7) is 7.68. The van der Waals surface area contributed by atoms with Gasteiger partial charge in [-0.1, -0.05) is 13.8 Å². The third kappa shape index (κ3) is 2.77. The van der Waals surface area contributed by atoms with Gasteiger partial charge >= 0.3 is 0 Å². The first-order valence-corrected chi connectivity index (χ1v) is 7.50. The summed E-state index contributed by atoms with van der Waals surface area (Å²) < 4.78 is 1.90. The predicted molar refractivity (Wildman–Crippen MR) is 81.1 cm³/mol. The fraction of sp³-hybridized carbons (Fsp3) is 0.600. The van der Waals surface area contributed by atoms with Gasteiger partial charge in [0.2, 0.25) is 0 Å². The zero-order chi connectivity index (χ0) is 13.9. The van der Waals surface area contributed by atoms with Crippen LogP contribution in [0.4, 0.5) is 5.82 Å². The van der Waals surface area contributed by atoms with E-state index in [4.69, 9.17) is 0 Å². The molecule has 3 rings (SSSR count). The second-order valence-electron chi connectivity index (χ2n) is 5.93. The Balaban J connectivity index is 1.75. The average molecular weight is 273 g/mol. The smallest absolute Gasteiger partial charge is 0.154 e. The van der Waals surface area contributed by atoms with Crippen LogP contribution in [0.1, 0.15) is 26.7 Å². The molecule has 5 nitrogen and oxygen atoms in total. The summed E-state index contributed by atoms with van der Waals surface area (Å²) in [5, 5.41) is 7.85. The lowest BCUT2D eigenvalue weighted by Crippen LogP contribution is -2.41. The predicted octanol–water partition coefficient (Wildman–Crippen LogP) is 1.94. The first kappa shape index (κ1) is 13.4. The molecule has 2 aromatic heterocycles. The molecule has 2 aromatic rings. The molecule has 0 radical (unpaired) electrons. The Morgan fingerprint density at radius 2 is 2.30 bits per heavy atom. The van der Waals surface area contributed by atoms with Crippen LogP contribution in [0.25, 0.3) is 5.52 Å². The second kappa shape index (κ2) is 5.79. The highest BCUT2D eigenvalue weighted by Gasteiger charge is 2.22. The molecule has 0 aliphatic carbocycles. The highest BCUT2D eigenvalue weighted by Crippen LogP contribution is 2.24. The average Bonchev–Trinajstić information content (AvgIpc) is 2.93. The molecular weight excluding hydrogens is 250 g/mol. The van der Waals surface area contributed by atoms with E-state index in [1.54, 1.807) is 0 Å². The summed E-state index contributed by atoms with van der Waals surface area (Å²) in [7, 11) is 0. The van der Waals surface area contributed by atoms with Gasteiger partial charge < -0.3 is 10.2 Å². The lowest BCUT2D eigenvalue weighted by atomic mass is 9.97. The van der Waals surface area contributed by atoms with Gasteiger partial charge in [-0.25, -0.2) is 9.50 Å². The molecule has 0 spiro atoms. The Morgan fingerprint density at radius 1 is 1.40 bits per heavy atom. The van der Waals surface area contributed by atoms with Gasteiger partial charge in [0.05, 0.1) is 6.20 Å². The van der Waals surface area contributed by atoms with E-state index in [1.165, 1.54) is 12.8 Å². The number of hydrogen-bond donors (Lipinski definition) is 1. The monoisotopic (exact) mass is 273 g/mol. The van der Waals surface area contributed by atoms with Crippen molar-refractivity contribution in [3.63, 3.8) is 0 Å². The standard InChI is InChI=1S/C15H23N5/c1-12(2)17-10-13-4-3-8-19(11-13)15-14-5-6-18-20(14)9-7-16-15/h5-7,9,12-13,17H,3-4,8,10-11H2,1-2H3. The second-order valence-corrected chi connectivity index (χ2v) is 5.93. The molecule has 0 saturated carbocycles. The number of anilines is 1. The van der Waals surface area contributed by atoms with E-state index in [1.807, 2.05) is 29.2 Å². The van der Waals surface area contributed by atoms with Crippen molar-refractivity contribution in [1.82, 2.24) is 19.9 Å². The molecule has 0 aromatic carbocycles. The molecular formula is C15H23N5. The molecule has 5 heteroatoms. The summed E-state index contributed by atoms with van der Waals surface area (Å²) in [4.78, 5) is 6.99. The molecule has 108 valence electrons. The van der Waals surface area contributed by atoms with Crippen LogP contribution < -0.4 is 10.2 Å². The van der Waals surface area contributed by atoms with Crippen molar-refractivity contribution in [2.45, 2.75) is 32.7 Å². The highest BCUT2D eigenvalue weighted by molar-refractivity contribution is 5.68. The quantitative estimate of drug-likeness (QED) is 0.925. The Kier molecular flexibility index (Phi) is 3.87. The van der Waals surface area contributed by atoms with Gasteiger partial charge in [-0.05, 0) is 31.4 Å². The topological polar surface area (TPSA) is 45.5 Å². The molecule has 1 aliphatic rings. The molecule has 1 aliphatic heterocycles. The number of piperidine rings is 1. The van der Waals surface area contributed by atoms with Gasteiger partial charge in [0, 0.05) is 31.5 Å². The van der Waals surface area contributed by atoms with Crippen molar-refractivity contribution in [3.8, 4) is 0 Å². The molecule has 1 fully saturated rings. The number of hydrogen-bond acceptors (Lipinski definition) is 4. The first-order valence-electron chi connectivity index (χ1n) is 7.50. The number of aromatic nitrogens is 3. The third-order valence-electron chi connectivity index (χ3n) is 3.94. The fourth-order valence-corrected chi connectivity index (χ4v) is 2.91. The van der Waals surface area contributed by atoms with Gasteiger partial charge in [0.25, 0.3) is 0 Å². The van der Waals surface area contributed by atoms with Gasteiger partial charge in [-0.15, -0.1) is 0 Å².